The first kappa shape index (κ1) is 12.0. The maximum Gasteiger partial charge on any atom is 0.221 e. The number of aromatic nitrogens is 3. The maximum absolute atomic E-state index is 11.6. The lowest BCUT2D eigenvalue weighted by Gasteiger charge is -2.23. The highest BCUT2D eigenvalue weighted by Crippen LogP contribution is 2.12. The van der Waals surface area contributed by atoms with Crippen molar-refractivity contribution in [2.24, 2.45) is 5.73 Å². The van der Waals surface area contributed by atoms with E-state index in [1.807, 2.05) is 18.5 Å². The number of rotatable bonds is 3. The number of carbonyl (C=O) groups excluding carboxylic acids is 1. The molecule has 1 aliphatic rings. The highest BCUT2D eigenvalue weighted by atomic mass is 16.1. The lowest BCUT2D eigenvalue weighted by molar-refractivity contribution is -0.122. The summed E-state index contributed by atoms with van der Waals surface area (Å²) in [5, 5.41) is 7.29. The standard InChI is InChI=1S/C11H19N5O/c1-7(12)5-11(17)14-9-3-4-10-13-8(2)15-16(10)6-9/h7,9H,3-6,12H2,1-2H3,(H,14,17). The molecule has 0 saturated carbocycles. The first-order valence-electron chi connectivity index (χ1n) is 6.00. The highest BCUT2D eigenvalue weighted by molar-refractivity contribution is 5.76. The second kappa shape index (κ2) is 4.83. The molecule has 0 aromatic carbocycles. The van der Waals surface area contributed by atoms with E-state index in [1.54, 1.807) is 0 Å². The van der Waals surface area contributed by atoms with Gasteiger partial charge in [-0.25, -0.2) is 9.67 Å². The summed E-state index contributed by atoms with van der Waals surface area (Å²) in [6.45, 7) is 4.43. The average molecular weight is 237 g/mol. The van der Waals surface area contributed by atoms with Gasteiger partial charge in [0.05, 0.1) is 6.54 Å². The van der Waals surface area contributed by atoms with Crippen molar-refractivity contribution in [3.63, 3.8) is 0 Å². The fraction of sp³-hybridized carbons (Fsp3) is 0.727. The SMILES string of the molecule is Cc1nc2n(n1)CC(NC(=O)CC(C)N)CC2. The van der Waals surface area contributed by atoms with Gasteiger partial charge in [-0.15, -0.1) is 0 Å². The molecular weight excluding hydrogens is 218 g/mol. The summed E-state index contributed by atoms with van der Waals surface area (Å²) in [4.78, 5) is 15.9. The number of nitrogens with zero attached hydrogens (tertiary/aromatic N) is 3. The summed E-state index contributed by atoms with van der Waals surface area (Å²) in [6, 6.07) is 0.0533. The molecule has 0 saturated heterocycles. The van der Waals surface area contributed by atoms with Crippen LogP contribution in [0.2, 0.25) is 0 Å². The average Bonchev–Trinajstić information content (AvgIpc) is 2.55. The summed E-state index contributed by atoms with van der Waals surface area (Å²) in [6.07, 6.45) is 2.16. The molecule has 6 nitrogen and oxygen atoms in total. The molecule has 2 rings (SSSR count). The number of carbonyl (C=O) groups is 1. The molecule has 1 amide bonds. The van der Waals surface area contributed by atoms with E-state index in [1.165, 1.54) is 0 Å². The van der Waals surface area contributed by atoms with Crippen molar-refractivity contribution in [3.05, 3.63) is 11.6 Å². The number of nitrogens with two attached hydrogens (primary N) is 1. The van der Waals surface area contributed by atoms with Crippen molar-refractivity contribution >= 4 is 5.91 Å². The Balaban J connectivity index is 1.91. The van der Waals surface area contributed by atoms with Gasteiger partial charge in [0.2, 0.25) is 5.91 Å². The lowest BCUT2D eigenvalue weighted by Crippen LogP contribution is -2.42. The number of hydrogen-bond acceptors (Lipinski definition) is 4. The normalized spacial score (nSPS) is 20.8. The summed E-state index contributed by atoms with van der Waals surface area (Å²) in [5.74, 6) is 1.83. The number of aryl methyl sites for hydroxylation is 2. The molecule has 2 heterocycles. The Morgan fingerprint density at radius 1 is 1.71 bits per heavy atom. The van der Waals surface area contributed by atoms with E-state index in [4.69, 9.17) is 5.73 Å². The van der Waals surface area contributed by atoms with Gasteiger partial charge in [-0.1, -0.05) is 0 Å². The van der Waals surface area contributed by atoms with Crippen LogP contribution in [-0.2, 0) is 17.8 Å². The van der Waals surface area contributed by atoms with Crippen LogP contribution in [0.3, 0.4) is 0 Å². The molecule has 1 aromatic heterocycles. The van der Waals surface area contributed by atoms with Crippen molar-refractivity contribution in [3.8, 4) is 0 Å². The second-order valence-corrected chi connectivity index (χ2v) is 4.74. The Morgan fingerprint density at radius 3 is 3.18 bits per heavy atom. The van der Waals surface area contributed by atoms with Crippen LogP contribution < -0.4 is 11.1 Å². The first-order chi connectivity index (χ1) is 8.04. The molecule has 2 atom stereocenters. The molecule has 0 fully saturated rings. The highest BCUT2D eigenvalue weighted by Gasteiger charge is 2.22. The zero-order valence-electron chi connectivity index (χ0n) is 10.3. The van der Waals surface area contributed by atoms with Crippen LogP contribution in [0.15, 0.2) is 0 Å². The summed E-state index contributed by atoms with van der Waals surface area (Å²) < 4.78 is 1.88. The van der Waals surface area contributed by atoms with Gasteiger partial charge >= 0.3 is 0 Å². The molecule has 3 N–H and O–H groups in total. The summed E-state index contributed by atoms with van der Waals surface area (Å²) in [5.41, 5.74) is 5.59. The molecule has 1 aliphatic heterocycles. The third kappa shape index (κ3) is 3.03. The molecule has 6 heteroatoms. The zero-order valence-corrected chi connectivity index (χ0v) is 10.3. The zero-order chi connectivity index (χ0) is 12.4. The van der Waals surface area contributed by atoms with Gasteiger partial charge in [-0.3, -0.25) is 4.79 Å². The molecule has 0 bridgehead atoms. The smallest absolute Gasteiger partial charge is 0.221 e. The topological polar surface area (TPSA) is 85.8 Å². The Kier molecular flexibility index (Phi) is 3.42. The minimum absolute atomic E-state index is 0.0188. The van der Waals surface area contributed by atoms with Crippen LogP contribution >= 0.6 is 0 Å². The Bertz CT molecular complexity index is 412. The van der Waals surface area contributed by atoms with Gasteiger partial charge in [0, 0.05) is 24.9 Å². The first-order valence-corrected chi connectivity index (χ1v) is 6.00. The summed E-state index contributed by atoms with van der Waals surface area (Å²) >= 11 is 0. The van der Waals surface area contributed by atoms with Gasteiger partial charge in [-0.05, 0) is 20.3 Å². The van der Waals surface area contributed by atoms with Gasteiger partial charge in [-0.2, -0.15) is 5.10 Å². The number of fused-ring (bicyclic) bond motifs is 1. The number of hydrogen-bond donors (Lipinski definition) is 2. The minimum Gasteiger partial charge on any atom is -0.351 e. The Labute approximate surface area is 101 Å². The Hall–Kier alpha value is -1.43. The third-order valence-electron chi connectivity index (χ3n) is 2.84. The van der Waals surface area contributed by atoms with E-state index in [0.717, 1.165) is 24.5 Å². The van der Waals surface area contributed by atoms with Gasteiger partial charge in [0.1, 0.15) is 11.6 Å². The quantitative estimate of drug-likeness (QED) is 0.759. The number of amides is 1. The van der Waals surface area contributed by atoms with Crippen LogP contribution in [0.5, 0.6) is 0 Å². The summed E-state index contributed by atoms with van der Waals surface area (Å²) in [7, 11) is 0. The van der Waals surface area contributed by atoms with Gasteiger partial charge in [0.25, 0.3) is 0 Å². The largest absolute Gasteiger partial charge is 0.351 e. The van der Waals surface area contributed by atoms with E-state index in [9.17, 15) is 4.79 Å². The molecule has 17 heavy (non-hydrogen) atoms. The van der Waals surface area contributed by atoms with Crippen LogP contribution in [0.4, 0.5) is 0 Å². The van der Waals surface area contributed by atoms with Crippen molar-refractivity contribution in [1.29, 1.82) is 0 Å². The van der Waals surface area contributed by atoms with E-state index >= 15 is 0 Å². The monoisotopic (exact) mass is 237 g/mol. The molecule has 94 valence electrons. The lowest BCUT2D eigenvalue weighted by atomic mass is 10.1. The van der Waals surface area contributed by atoms with Crippen molar-refractivity contribution in [1.82, 2.24) is 20.1 Å². The minimum atomic E-state index is -0.0947. The van der Waals surface area contributed by atoms with Crippen LogP contribution in [0.1, 0.15) is 31.4 Å². The molecule has 0 radical (unpaired) electrons. The van der Waals surface area contributed by atoms with Crippen molar-refractivity contribution in [2.45, 2.75) is 51.7 Å². The van der Waals surface area contributed by atoms with Crippen molar-refractivity contribution < 1.29 is 4.79 Å². The molecular formula is C11H19N5O. The molecule has 0 spiro atoms. The van der Waals surface area contributed by atoms with Gasteiger partial charge in [0.15, 0.2) is 0 Å². The van der Waals surface area contributed by atoms with E-state index in [0.29, 0.717) is 13.0 Å². The van der Waals surface area contributed by atoms with Crippen LogP contribution in [0.25, 0.3) is 0 Å². The van der Waals surface area contributed by atoms with E-state index in [-0.39, 0.29) is 18.0 Å². The van der Waals surface area contributed by atoms with Gasteiger partial charge < -0.3 is 11.1 Å². The molecule has 0 aliphatic carbocycles. The Morgan fingerprint density at radius 2 is 2.47 bits per heavy atom. The predicted molar refractivity (Wildman–Crippen MR) is 63.3 cm³/mol. The van der Waals surface area contributed by atoms with E-state index in [2.05, 4.69) is 15.4 Å². The van der Waals surface area contributed by atoms with Crippen LogP contribution in [-0.4, -0.2) is 32.8 Å². The fourth-order valence-electron chi connectivity index (χ4n) is 2.13. The fourth-order valence-corrected chi connectivity index (χ4v) is 2.13. The molecule has 2 unspecified atom stereocenters. The second-order valence-electron chi connectivity index (χ2n) is 4.74. The molecule has 1 aromatic rings. The third-order valence-corrected chi connectivity index (χ3v) is 2.84. The van der Waals surface area contributed by atoms with Crippen molar-refractivity contribution in [2.75, 3.05) is 0 Å². The maximum atomic E-state index is 11.6. The predicted octanol–water partition coefficient (Wildman–Crippen LogP) is -0.245. The van der Waals surface area contributed by atoms with Crippen LogP contribution in [0, 0.1) is 6.92 Å². The number of nitrogens with one attached hydrogen (secondary N) is 1. The van der Waals surface area contributed by atoms with E-state index < -0.39 is 0 Å².